The molecular formula is C31H36N2O2. The molecule has 1 atom stereocenters. The summed E-state index contributed by atoms with van der Waals surface area (Å²) >= 11 is 0. The second kappa shape index (κ2) is 10.4. The van der Waals surface area contributed by atoms with Gasteiger partial charge in [0, 0.05) is 47.8 Å². The Balaban J connectivity index is 2.05. The standard InChI is InChI=1S/C31H36N2O2/c1-7-32(8-2)23-18-19-24(21(4)20-23)30(25-14-10-11-15-26(25)31(34)35-6)29-22(5)33(9-3)28-17-13-12-16-27(28)29/h10-20,30H,7-9H2,1-6H3. The Bertz CT molecular complexity index is 1350. The van der Waals surface area contributed by atoms with Crippen molar-refractivity contribution in [2.45, 2.75) is 47.1 Å². The van der Waals surface area contributed by atoms with Crippen LogP contribution in [0.2, 0.25) is 0 Å². The Morgan fingerprint density at radius 2 is 1.60 bits per heavy atom. The van der Waals surface area contributed by atoms with Gasteiger partial charge in [-0.2, -0.15) is 0 Å². The lowest BCUT2D eigenvalue weighted by Crippen LogP contribution is -2.22. The van der Waals surface area contributed by atoms with Gasteiger partial charge in [0.1, 0.15) is 0 Å². The van der Waals surface area contributed by atoms with Crippen molar-refractivity contribution < 1.29 is 9.53 Å². The van der Waals surface area contributed by atoms with E-state index in [4.69, 9.17) is 4.74 Å². The number of hydrogen-bond donors (Lipinski definition) is 0. The minimum absolute atomic E-state index is 0.103. The van der Waals surface area contributed by atoms with Crippen molar-refractivity contribution in [3.8, 4) is 0 Å². The lowest BCUT2D eigenvalue weighted by atomic mass is 9.79. The number of ether oxygens (including phenoxy) is 1. The summed E-state index contributed by atoms with van der Waals surface area (Å²) in [6.07, 6.45) is 0. The summed E-state index contributed by atoms with van der Waals surface area (Å²) in [5, 5.41) is 1.23. The van der Waals surface area contributed by atoms with Gasteiger partial charge in [-0.25, -0.2) is 4.79 Å². The van der Waals surface area contributed by atoms with Crippen molar-refractivity contribution >= 4 is 22.6 Å². The molecule has 0 aliphatic heterocycles. The summed E-state index contributed by atoms with van der Waals surface area (Å²) < 4.78 is 7.58. The van der Waals surface area contributed by atoms with E-state index in [1.54, 1.807) is 0 Å². The fraction of sp³-hybridized carbons (Fsp3) is 0.323. The van der Waals surface area contributed by atoms with Crippen LogP contribution in [-0.4, -0.2) is 30.7 Å². The average Bonchev–Trinajstić information content (AvgIpc) is 3.17. The molecule has 0 saturated heterocycles. The van der Waals surface area contributed by atoms with Crippen molar-refractivity contribution in [2.24, 2.45) is 0 Å². The second-order valence-electron chi connectivity index (χ2n) is 8.99. The minimum atomic E-state index is -0.306. The summed E-state index contributed by atoms with van der Waals surface area (Å²) in [4.78, 5) is 15.2. The number of anilines is 1. The van der Waals surface area contributed by atoms with Crippen LogP contribution in [0.25, 0.3) is 10.9 Å². The maximum Gasteiger partial charge on any atom is 0.338 e. The molecule has 0 spiro atoms. The number of benzene rings is 3. The van der Waals surface area contributed by atoms with E-state index in [1.165, 1.54) is 46.1 Å². The third-order valence-corrected chi connectivity index (χ3v) is 7.25. The normalized spacial score (nSPS) is 12.1. The van der Waals surface area contributed by atoms with Gasteiger partial charge in [0.2, 0.25) is 0 Å². The Morgan fingerprint density at radius 3 is 2.26 bits per heavy atom. The van der Waals surface area contributed by atoms with Crippen LogP contribution in [0, 0.1) is 13.8 Å². The van der Waals surface area contributed by atoms with Crippen LogP contribution >= 0.6 is 0 Å². The highest BCUT2D eigenvalue weighted by atomic mass is 16.5. The van der Waals surface area contributed by atoms with Gasteiger partial charge in [-0.1, -0.05) is 42.5 Å². The highest BCUT2D eigenvalue weighted by Gasteiger charge is 2.29. The number of fused-ring (bicyclic) bond motifs is 1. The molecule has 1 heterocycles. The van der Waals surface area contributed by atoms with Crippen molar-refractivity contribution in [1.29, 1.82) is 0 Å². The van der Waals surface area contributed by atoms with E-state index in [0.29, 0.717) is 5.56 Å². The van der Waals surface area contributed by atoms with Gasteiger partial charge in [-0.05, 0) is 81.1 Å². The molecule has 0 amide bonds. The third-order valence-electron chi connectivity index (χ3n) is 7.25. The van der Waals surface area contributed by atoms with Crippen LogP contribution < -0.4 is 4.90 Å². The van der Waals surface area contributed by atoms with E-state index in [-0.39, 0.29) is 11.9 Å². The number of para-hydroxylation sites is 1. The Hall–Kier alpha value is -3.53. The first kappa shape index (κ1) is 24.6. The number of carbonyl (C=O) groups excluding carboxylic acids is 1. The van der Waals surface area contributed by atoms with E-state index in [1.807, 2.05) is 18.2 Å². The summed E-state index contributed by atoms with van der Waals surface area (Å²) in [5.74, 6) is -0.409. The summed E-state index contributed by atoms with van der Waals surface area (Å²) in [7, 11) is 1.45. The third kappa shape index (κ3) is 4.34. The quantitative estimate of drug-likeness (QED) is 0.259. The fourth-order valence-corrected chi connectivity index (χ4v) is 5.52. The molecule has 3 aromatic carbocycles. The topological polar surface area (TPSA) is 34.5 Å². The molecule has 1 unspecified atom stereocenters. The number of rotatable bonds is 8. The van der Waals surface area contributed by atoms with Crippen LogP contribution in [0.1, 0.15) is 65.0 Å². The predicted molar refractivity (Wildman–Crippen MR) is 146 cm³/mol. The monoisotopic (exact) mass is 468 g/mol. The molecular weight excluding hydrogens is 432 g/mol. The Labute approximate surface area is 209 Å². The predicted octanol–water partition coefficient (Wildman–Crippen LogP) is 7.09. The van der Waals surface area contributed by atoms with Gasteiger partial charge < -0.3 is 14.2 Å². The molecule has 0 aliphatic rings. The van der Waals surface area contributed by atoms with Gasteiger partial charge in [0.25, 0.3) is 0 Å². The number of carbonyl (C=O) groups is 1. The zero-order valence-electron chi connectivity index (χ0n) is 21.8. The van der Waals surface area contributed by atoms with Crippen LogP contribution in [0.15, 0.2) is 66.7 Å². The Kier molecular flexibility index (Phi) is 7.30. The van der Waals surface area contributed by atoms with Crippen LogP contribution in [0.3, 0.4) is 0 Å². The number of aryl methyl sites for hydroxylation is 2. The molecule has 4 aromatic rings. The summed E-state index contributed by atoms with van der Waals surface area (Å²) in [6.45, 7) is 13.8. The molecule has 0 bridgehead atoms. The molecule has 0 aliphatic carbocycles. The van der Waals surface area contributed by atoms with E-state index < -0.39 is 0 Å². The zero-order valence-corrected chi connectivity index (χ0v) is 21.8. The van der Waals surface area contributed by atoms with E-state index in [9.17, 15) is 4.79 Å². The van der Waals surface area contributed by atoms with E-state index in [2.05, 4.69) is 92.6 Å². The average molecular weight is 469 g/mol. The van der Waals surface area contributed by atoms with E-state index >= 15 is 0 Å². The number of hydrogen-bond acceptors (Lipinski definition) is 3. The number of esters is 1. The molecule has 4 heteroatoms. The number of aromatic nitrogens is 1. The fourth-order valence-electron chi connectivity index (χ4n) is 5.52. The Morgan fingerprint density at radius 1 is 0.914 bits per heavy atom. The number of methoxy groups -OCH3 is 1. The second-order valence-corrected chi connectivity index (χ2v) is 8.99. The molecule has 0 fully saturated rings. The van der Waals surface area contributed by atoms with Crippen LogP contribution in [0.5, 0.6) is 0 Å². The molecule has 0 saturated carbocycles. The molecule has 4 rings (SSSR count). The smallest absolute Gasteiger partial charge is 0.338 e. The van der Waals surface area contributed by atoms with Crippen molar-refractivity contribution in [2.75, 3.05) is 25.1 Å². The summed E-state index contributed by atoms with van der Waals surface area (Å²) in [6, 6.07) is 23.2. The molecule has 182 valence electrons. The summed E-state index contributed by atoms with van der Waals surface area (Å²) in [5.41, 5.74) is 8.93. The van der Waals surface area contributed by atoms with Gasteiger partial charge in [-0.15, -0.1) is 0 Å². The van der Waals surface area contributed by atoms with Gasteiger partial charge in [0.15, 0.2) is 0 Å². The van der Waals surface area contributed by atoms with E-state index in [0.717, 1.165) is 25.2 Å². The van der Waals surface area contributed by atoms with Crippen molar-refractivity contribution in [3.05, 3.63) is 100 Å². The van der Waals surface area contributed by atoms with Crippen molar-refractivity contribution in [1.82, 2.24) is 4.57 Å². The first-order valence-electron chi connectivity index (χ1n) is 12.6. The largest absolute Gasteiger partial charge is 0.465 e. The highest BCUT2D eigenvalue weighted by Crippen LogP contribution is 2.42. The van der Waals surface area contributed by atoms with Gasteiger partial charge in [-0.3, -0.25) is 0 Å². The lowest BCUT2D eigenvalue weighted by Gasteiger charge is -2.26. The molecule has 0 radical (unpaired) electrons. The van der Waals surface area contributed by atoms with Crippen molar-refractivity contribution in [3.63, 3.8) is 0 Å². The van der Waals surface area contributed by atoms with Gasteiger partial charge in [0.05, 0.1) is 12.7 Å². The molecule has 1 aromatic heterocycles. The molecule has 0 N–H and O–H groups in total. The minimum Gasteiger partial charge on any atom is -0.465 e. The lowest BCUT2D eigenvalue weighted by molar-refractivity contribution is 0.0599. The maximum atomic E-state index is 12.9. The first-order valence-corrected chi connectivity index (χ1v) is 12.6. The molecule has 4 nitrogen and oxygen atoms in total. The highest BCUT2D eigenvalue weighted by molar-refractivity contribution is 5.93. The first-order chi connectivity index (χ1) is 17.0. The van der Waals surface area contributed by atoms with Gasteiger partial charge >= 0.3 is 5.97 Å². The zero-order chi connectivity index (χ0) is 25.1. The van der Waals surface area contributed by atoms with Crippen LogP contribution in [-0.2, 0) is 11.3 Å². The SMILES string of the molecule is CCN(CC)c1ccc(C(c2ccccc2C(=O)OC)c2c(C)n(CC)c3ccccc23)c(C)c1. The molecule has 35 heavy (non-hydrogen) atoms. The maximum absolute atomic E-state index is 12.9. The van der Waals surface area contributed by atoms with Crippen LogP contribution in [0.4, 0.5) is 5.69 Å². The number of nitrogens with zero attached hydrogens (tertiary/aromatic N) is 2.